The summed E-state index contributed by atoms with van der Waals surface area (Å²) in [5.41, 5.74) is -0.0242. The molecule has 2 N–H and O–H groups in total. The van der Waals surface area contributed by atoms with Crippen LogP contribution in [0.2, 0.25) is 0 Å². The SMILES string of the molecule is CCc1ccc(C(=O)NCCC(C)(C)C(=O)O)cc1S(C)(=O)=O. The Morgan fingerprint density at radius 1 is 1.26 bits per heavy atom. The van der Waals surface area contributed by atoms with E-state index < -0.39 is 27.1 Å². The van der Waals surface area contributed by atoms with Gasteiger partial charge in [0.15, 0.2) is 9.84 Å². The zero-order chi connectivity index (χ0) is 17.8. The second kappa shape index (κ2) is 7.12. The van der Waals surface area contributed by atoms with Gasteiger partial charge in [-0.1, -0.05) is 13.0 Å². The molecule has 0 radical (unpaired) electrons. The van der Waals surface area contributed by atoms with Gasteiger partial charge in [0.1, 0.15) is 0 Å². The number of nitrogens with one attached hydrogen (secondary N) is 1. The lowest BCUT2D eigenvalue weighted by molar-refractivity contribution is -0.147. The normalized spacial score (nSPS) is 12.0. The van der Waals surface area contributed by atoms with Crippen molar-refractivity contribution >= 4 is 21.7 Å². The van der Waals surface area contributed by atoms with Crippen molar-refractivity contribution in [2.45, 2.75) is 38.5 Å². The number of carbonyl (C=O) groups is 2. The summed E-state index contributed by atoms with van der Waals surface area (Å²) in [4.78, 5) is 23.3. The highest BCUT2D eigenvalue weighted by molar-refractivity contribution is 7.90. The average molecular weight is 341 g/mol. The van der Waals surface area contributed by atoms with Crippen LogP contribution in [0.15, 0.2) is 23.1 Å². The van der Waals surface area contributed by atoms with E-state index in [2.05, 4.69) is 5.32 Å². The molecule has 0 atom stereocenters. The Bertz CT molecular complexity index is 707. The molecule has 0 saturated heterocycles. The Hall–Kier alpha value is -1.89. The quantitative estimate of drug-likeness (QED) is 0.789. The number of aliphatic carboxylic acids is 1. The van der Waals surface area contributed by atoms with Crippen molar-refractivity contribution in [3.63, 3.8) is 0 Å². The smallest absolute Gasteiger partial charge is 0.309 e. The summed E-state index contributed by atoms with van der Waals surface area (Å²) in [7, 11) is -3.41. The largest absolute Gasteiger partial charge is 0.481 e. The predicted molar refractivity (Wildman–Crippen MR) is 87.3 cm³/mol. The van der Waals surface area contributed by atoms with E-state index in [9.17, 15) is 18.0 Å². The first kappa shape index (κ1) is 19.2. The second-order valence-corrected chi connectivity index (χ2v) is 8.13. The average Bonchev–Trinajstić information content (AvgIpc) is 2.45. The van der Waals surface area contributed by atoms with Crippen LogP contribution in [-0.4, -0.2) is 38.2 Å². The molecular weight excluding hydrogens is 318 g/mol. The second-order valence-electron chi connectivity index (χ2n) is 6.14. The van der Waals surface area contributed by atoms with E-state index in [0.717, 1.165) is 6.26 Å². The van der Waals surface area contributed by atoms with Crippen LogP contribution in [0, 0.1) is 5.41 Å². The Morgan fingerprint density at radius 3 is 2.35 bits per heavy atom. The van der Waals surface area contributed by atoms with Crippen LogP contribution in [0.25, 0.3) is 0 Å². The van der Waals surface area contributed by atoms with Crippen molar-refractivity contribution in [2.24, 2.45) is 5.41 Å². The predicted octanol–water partition coefficient (Wildman–Crippen LogP) is 1.88. The number of sulfone groups is 1. The molecule has 23 heavy (non-hydrogen) atoms. The molecule has 1 aromatic rings. The fraction of sp³-hybridized carbons (Fsp3) is 0.500. The lowest BCUT2D eigenvalue weighted by Crippen LogP contribution is -2.32. The van der Waals surface area contributed by atoms with E-state index in [1.807, 2.05) is 6.92 Å². The molecule has 0 fully saturated rings. The molecule has 0 spiro atoms. The molecular formula is C16H23NO5S. The van der Waals surface area contributed by atoms with Crippen molar-refractivity contribution in [3.05, 3.63) is 29.3 Å². The van der Waals surface area contributed by atoms with Gasteiger partial charge in [0.25, 0.3) is 5.91 Å². The molecule has 128 valence electrons. The first-order valence-electron chi connectivity index (χ1n) is 7.33. The van der Waals surface area contributed by atoms with E-state index in [1.54, 1.807) is 26.0 Å². The number of amides is 1. The minimum absolute atomic E-state index is 0.151. The molecule has 1 aromatic carbocycles. The molecule has 0 aliphatic rings. The summed E-state index contributed by atoms with van der Waals surface area (Å²) in [5.74, 6) is -1.35. The third-order valence-electron chi connectivity index (χ3n) is 3.72. The molecule has 1 rings (SSSR count). The zero-order valence-electron chi connectivity index (χ0n) is 13.8. The number of benzene rings is 1. The summed E-state index contributed by atoms with van der Waals surface area (Å²) >= 11 is 0. The van der Waals surface area contributed by atoms with Crippen molar-refractivity contribution in [3.8, 4) is 0 Å². The topological polar surface area (TPSA) is 101 Å². The molecule has 0 aliphatic heterocycles. The Kier molecular flexibility index (Phi) is 5.93. The highest BCUT2D eigenvalue weighted by atomic mass is 32.2. The maximum absolute atomic E-state index is 12.1. The fourth-order valence-electron chi connectivity index (χ4n) is 2.03. The number of carboxylic acid groups (broad SMARTS) is 1. The van der Waals surface area contributed by atoms with Crippen LogP contribution in [-0.2, 0) is 21.1 Å². The van der Waals surface area contributed by atoms with Gasteiger partial charge in [-0.2, -0.15) is 0 Å². The molecule has 1 amide bonds. The maximum Gasteiger partial charge on any atom is 0.309 e. The van der Waals surface area contributed by atoms with Crippen LogP contribution in [0.1, 0.15) is 43.1 Å². The van der Waals surface area contributed by atoms with Crippen molar-refractivity contribution in [1.29, 1.82) is 0 Å². The highest BCUT2D eigenvalue weighted by Crippen LogP contribution is 2.20. The monoisotopic (exact) mass is 341 g/mol. The van der Waals surface area contributed by atoms with Gasteiger partial charge in [-0.05, 0) is 44.4 Å². The maximum atomic E-state index is 12.1. The summed E-state index contributed by atoms with van der Waals surface area (Å²) in [5, 5.41) is 11.7. The van der Waals surface area contributed by atoms with Gasteiger partial charge in [-0.25, -0.2) is 8.42 Å². The third-order valence-corrected chi connectivity index (χ3v) is 4.90. The van der Waals surface area contributed by atoms with Gasteiger partial charge in [0, 0.05) is 18.4 Å². The van der Waals surface area contributed by atoms with Gasteiger partial charge in [0.05, 0.1) is 10.3 Å². The first-order chi connectivity index (χ1) is 10.5. The number of rotatable bonds is 7. The van der Waals surface area contributed by atoms with Gasteiger partial charge >= 0.3 is 5.97 Å². The number of aryl methyl sites for hydroxylation is 1. The van der Waals surface area contributed by atoms with Crippen molar-refractivity contribution in [2.75, 3.05) is 12.8 Å². The van der Waals surface area contributed by atoms with Gasteiger partial charge in [0.2, 0.25) is 0 Å². The van der Waals surface area contributed by atoms with Gasteiger partial charge < -0.3 is 10.4 Å². The fourth-order valence-corrected chi connectivity index (χ4v) is 3.06. The number of hydrogen-bond donors (Lipinski definition) is 2. The number of carbonyl (C=O) groups excluding carboxylic acids is 1. The van der Waals surface area contributed by atoms with Crippen LogP contribution in [0.5, 0.6) is 0 Å². The Labute approximate surface area is 136 Å². The van der Waals surface area contributed by atoms with Crippen LogP contribution >= 0.6 is 0 Å². The number of carboxylic acids is 1. The summed E-state index contributed by atoms with van der Waals surface area (Å²) in [6.45, 7) is 5.21. The molecule has 6 nitrogen and oxygen atoms in total. The molecule has 7 heteroatoms. The summed E-state index contributed by atoms with van der Waals surface area (Å²) in [6, 6.07) is 4.57. The lowest BCUT2D eigenvalue weighted by atomic mass is 9.90. The van der Waals surface area contributed by atoms with Crippen LogP contribution in [0.4, 0.5) is 0 Å². The van der Waals surface area contributed by atoms with E-state index in [4.69, 9.17) is 5.11 Å². The van der Waals surface area contributed by atoms with Crippen molar-refractivity contribution < 1.29 is 23.1 Å². The standard InChI is InChI=1S/C16H23NO5S/c1-5-11-6-7-12(10-13(11)23(4,21)22)14(18)17-9-8-16(2,3)15(19)20/h6-7,10H,5,8-9H2,1-4H3,(H,17,18)(H,19,20). The molecule has 0 aromatic heterocycles. The summed E-state index contributed by atoms with van der Waals surface area (Å²) in [6.07, 6.45) is 1.94. The Morgan fingerprint density at radius 2 is 1.87 bits per heavy atom. The molecule has 0 aliphatic carbocycles. The zero-order valence-corrected chi connectivity index (χ0v) is 14.7. The first-order valence-corrected chi connectivity index (χ1v) is 9.22. The molecule has 0 saturated carbocycles. The lowest BCUT2D eigenvalue weighted by Gasteiger charge is -2.19. The minimum Gasteiger partial charge on any atom is -0.481 e. The highest BCUT2D eigenvalue weighted by Gasteiger charge is 2.26. The minimum atomic E-state index is -3.41. The van der Waals surface area contributed by atoms with E-state index >= 15 is 0 Å². The molecule has 0 heterocycles. The Balaban J connectivity index is 2.88. The van der Waals surface area contributed by atoms with Crippen molar-refractivity contribution in [1.82, 2.24) is 5.32 Å². The third kappa shape index (κ3) is 5.06. The molecule has 0 unspecified atom stereocenters. The van der Waals surface area contributed by atoms with Crippen LogP contribution < -0.4 is 5.32 Å². The van der Waals surface area contributed by atoms with E-state index in [0.29, 0.717) is 12.0 Å². The van der Waals surface area contributed by atoms with E-state index in [1.165, 1.54) is 6.07 Å². The van der Waals surface area contributed by atoms with Gasteiger partial charge in [-0.15, -0.1) is 0 Å². The summed E-state index contributed by atoms with van der Waals surface area (Å²) < 4.78 is 23.6. The molecule has 0 bridgehead atoms. The van der Waals surface area contributed by atoms with Crippen LogP contribution in [0.3, 0.4) is 0 Å². The van der Waals surface area contributed by atoms with E-state index in [-0.39, 0.29) is 23.4 Å². The van der Waals surface area contributed by atoms with Gasteiger partial charge in [-0.3, -0.25) is 9.59 Å². The number of hydrogen-bond acceptors (Lipinski definition) is 4.